The van der Waals surface area contributed by atoms with Crippen LogP contribution in [-0.2, 0) is 4.74 Å². The molecule has 2 heterocycles. The summed E-state index contributed by atoms with van der Waals surface area (Å²) in [6.07, 6.45) is 3.73. The van der Waals surface area contributed by atoms with Crippen molar-refractivity contribution in [2.45, 2.75) is 25.7 Å². The molecule has 6 heteroatoms. The number of hydrogen-bond acceptors (Lipinski definition) is 4. The lowest BCUT2D eigenvalue weighted by atomic mass is 10.0. The molecule has 0 aliphatic heterocycles. The summed E-state index contributed by atoms with van der Waals surface area (Å²) in [5, 5.41) is 0.567. The topological polar surface area (TPSA) is 47.8 Å². The monoisotopic (exact) mass is 401 g/mol. The Morgan fingerprint density at radius 3 is 2.44 bits per heavy atom. The number of pyridine rings is 1. The molecule has 3 aromatic rings. The predicted octanol–water partition coefficient (Wildman–Crippen LogP) is 5.34. The Hall–Kier alpha value is -2.24. The summed E-state index contributed by atoms with van der Waals surface area (Å²) in [7, 11) is 0. The van der Waals surface area contributed by atoms with Crippen molar-refractivity contribution in [1.82, 2.24) is 4.40 Å². The molecule has 4 nitrogen and oxygen atoms in total. The standard InChI is InChI=1S/C21H20ClNO3S/c1-5-26-21(25)18-20(27-4)16(17-13(3)10-12(2)11-23(17)18)19(24)14-6-8-15(22)9-7-14/h6-11H,5H2,1-4H3. The van der Waals surface area contributed by atoms with E-state index >= 15 is 0 Å². The molecule has 0 fully saturated rings. The van der Waals surface area contributed by atoms with E-state index in [1.807, 2.05) is 32.4 Å². The van der Waals surface area contributed by atoms with Gasteiger partial charge in [0, 0.05) is 16.8 Å². The Kier molecular flexibility index (Phi) is 5.63. The number of thioether (sulfide) groups is 1. The first-order chi connectivity index (χ1) is 12.9. The molecule has 0 radical (unpaired) electrons. The molecule has 0 saturated heterocycles. The summed E-state index contributed by atoms with van der Waals surface area (Å²) in [4.78, 5) is 26.7. The van der Waals surface area contributed by atoms with Crippen LogP contribution >= 0.6 is 23.4 Å². The zero-order chi connectivity index (χ0) is 19.7. The van der Waals surface area contributed by atoms with E-state index in [1.54, 1.807) is 35.6 Å². The van der Waals surface area contributed by atoms with Crippen LogP contribution < -0.4 is 0 Å². The van der Waals surface area contributed by atoms with E-state index in [0.29, 0.717) is 26.7 Å². The molecule has 0 N–H and O–H groups in total. The van der Waals surface area contributed by atoms with Gasteiger partial charge < -0.3 is 9.14 Å². The summed E-state index contributed by atoms with van der Waals surface area (Å²) in [6, 6.07) is 8.79. The van der Waals surface area contributed by atoms with Crippen molar-refractivity contribution in [2.75, 3.05) is 12.9 Å². The fourth-order valence-electron chi connectivity index (χ4n) is 3.28. The van der Waals surface area contributed by atoms with E-state index in [2.05, 4.69) is 0 Å². The Morgan fingerprint density at radius 2 is 1.85 bits per heavy atom. The van der Waals surface area contributed by atoms with E-state index in [-0.39, 0.29) is 12.4 Å². The van der Waals surface area contributed by atoms with Crippen LogP contribution in [0.4, 0.5) is 0 Å². The third-order valence-corrected chi connectivity index (χ3v) is 5.38. The van der Waals surface area contributed by atoms with Gasteiger partial charge in [-0.05, 0) is 62.4 Å². The molecule has 0 bridgehead atoms. The minimum absolute atomic E-state index is 0.143. The summed E-state index contributed by atoms with van der Waals surface area (Å²) in [6.45, 7) is 5.94. The van der Waals surface area contributed by atoms with E-state index in [9.17, 15) is 9.59 Å². The maximum atomic E-state index is 13.4. The molecule has 0 aliphatic rings. The highest BCUT2D eigenvalue weighted by Crippen LogP contribution is 2.35. The summed E-state index contributed by atoms with van der Waals surface area (Å²) < 4.78 is 7.06. The average molecular weight is 402 g/mol. The number of carbonyl (C=O) groups excluding carboxylic acids is 2. The zero-order valence-corrected chi connectivity index (χ0v) is 17.2. The van der Waals surface area contributed by atoms with Gasteiger partial charge in [-0.1, -0.05) is 17.7 Å². The summed E-state index contributed by atoms with van der Waals surface area (Å²) in [5.41, 5.74) is 4.09. The Labute approximate surface area is 167 Å². The normalized spacial score (nSPS) is 11.0. The van der Waals surface area contributed by atoms with Crippen molar-refractivity contribution < 1.29 is 14.3 Å². The Morgan fingerprint density at radius 1 is 1.19 bits per heavy atom. The van der Waals surface area contributed by atoms with Gasteiger partial charge in [0.25, 0.3) is 0 Å². The Balaban J connectivity index is 2.36. The molecule has 0 atom stereocenters. The average Bonchev–Trinajstić information content (AvgIpc) is 2.96. The highest BCUT2D eigenvalue weighted by Gasteiger charge is 2.29. The van der Waals surface area contributed by atoms with Crippen molar-refractivity contribution in [3.8, 4) is 0 Å². The van der Waals surface area contributed by atoms with Crippen LogP contribution in [0.2, 0.25) is 5.02 Å². The molecule has 0 amide bonds. The van der Waals surface area contributed by atoms with Crippen LogP contribution in [0.5, 0.6) is 0 Å². The highest BCUT2D eigenvalue weighted by molar-refractivity contribution is 7.98. The smallest absolute Gasteiger partial charge is 0.356 e. The molecule has 1 aromatic carbocycles. The van der Waals surface area contributed by atoms with Gasteiger partial charge in [0.05, 0.1) is 22.6 Å². The lowest BCUT2D eigenvalue weighted by molar-refractivity contribution is 0.0514. The van der Waals surface area contributed by atoms with Crippen molar-refractivity contribution in [2.24, 2.45) is 0 Å². The zero-order valence-electron chi connectivity index (χ0n) is 15.6. The van der Waals surface area contributed by atoms with E-state index in [1.165, 1.54) is 11.8 Å². The predicted molar refractivity (Wildman–Crippen MR) is 109 cm³/mol. The number of ether oxygens (including phenoxy) is 1. The van der Waals surface area contributed by atoms with Crippen LogP contribution in [0.25, 0.3) is 5.52 Å². The quantitative estimate of drug-likeness (QED) is 0.329. The summed E-state index contributed by atoms with van der Waals surface area (Å²) in [5.74, 6) is -0.576. The first-order valence-corrected chi connectivity index (χ1v) is 10.2. The van der Waals surface area contributed by atoms with Crippen molar-refractivity contribution in [3.05, 3.63) is 69.5 Å². The molecule has 140 valence electrons. The first kappa shape index (κ1) is 19.5. The van der Waals surface area contributed by atoms with E-state index in [4.69, 9.17) is 16.3 Å². The third kappa shape index (κ3) is 3.49. The van der Waals surface area contributed by atoms with Crippen LogP contribution in [0.3, 0.4) is 0 Å². The third-order valence-electron chi connectivity index (χ3n) is 4.32. The molecule has 27 heavy (non-hydrogen) atoms. The number of hydrogen-bond donors (Lipinski definition) is 0. The number of nitrogens with zero attached hydrogens (tertiary/aromatic N) is 1. The summed E-state index contributed by atoms with van der Waals surface area (Å²) >= 11 is 7.33. The van der Waals surface area contributed by atoms with Crippen LogP contribution in [0.1, 0.15) is 44.5 Å². The number of aromatic nitrogens is 1. The minimum atomic E-state index is -0.433. The molecule has 0 aliphatic carbocycles. The van der Waals surface area contributed by atoms with Crippen molar-refractivity contribution >= 4 is 40.6 Å². The van der Waals surface area contributed by atoms with E-state index < -0.39 is 5.97 Å². The highest BCUT2D eigenvalue weighted by atomic mass is 35.5. The van der Waals surface area contributed by atoms with Gasteiger partial charge in [0.15, 0.2) is 5.78 Å². The maximum Gasteiger partial charge on any atom is 0.356 e. The maximum absolute atomic E-state index is 13.4. The van der Waals surface area contributed by atoms with Gasteiger partial charge in [-0.2, -0.15) is 0 Å². The molecule has 0 saturated carbocycles. The number of benzene rings is 1. The second-order valence-corrected chi connectivity index (χ2v) is 7.49. The lowest BCUT2D eigenvalue weighted by Crippen LogP contribution is -2.09. The van der Waals surface area contributed by atoms with Gasteiger partial charge in [-0.15, -0.1) is 11.8 Å². The molecule has 3 rings (SSSR count). The fraction of sp³-hybridized carbons (Fsp3) is 0.238. The van der Waals surface area contributed by atoms with Crippen molar-refractivity contribution in [1.29, 1.82) is 0 Å². The van der Waals surface area contributed by atoms with Gasteiger partial charge in [0.1, 0.15) is 5.69 Å². The molecule has 0 unspecified atom stereocenters. The van der Waals surface area contributed by atoms with Gasteiger partial charge in [0.2, 0.25) is 0 Å². The SMILES string of the molecule is CCOC(=O)c1c(SC)c(C(=O)c2ccc(Cl)cc2)c2c(C)cc(C)cn12. The fourth-order valence-corrected chi connectivity index (χ4v) is 4.17. The first-order valence-electron chi connectivity index (χ1n) is 8.55. The van der Waals surface area contributed by atoms with Crippen molar-refractivity contribution in [3.63, 3.8) is 0 Å². The Bertz CT molecular complexity index is 1040. The molecular weight excluding hydrogens is 382 g/mol. The number of halogens is 1. The number of esters is 1. The van der Waals surface area contributed by atoms with Crippen LogP contribution in [0.15, 0.2) is 41.4 Å². The number of fused-ring (bicyclic) bond motifs is 1. The minimum Gasteiger partial charge on any atom is -0.461 e. The largest absolute Gasteiger partial charge is 0.461 e. The lowest BCUT2D eigenvalue weighted by Gasteiger charge is -2.07. The number of carbonyl (C=O) groups is 2. The van der Waals surface area contributed by atoms with Crippen LogP contribution in [0, 0.1) is 13.8 Å². The molecule has 0 spiro atoms. The molecule has 2 aromatic heterocycles. The van der Waals surface area contributed by atoms with Gasteiger partial charge >= 0.3 is 5.97 Å². The second-order valence-electron chi connectivity index (χ2n) is 6.23. The second kappa shape index (κ2) is 7.79. The van der Waals surface area contributed by atoms with Gasteiger partial charge in [-0.25, -0.2) is 4.79 Å². The number of ketones is 1. The van der Waals surface area contributed by atoms with Gasteiger partial charge in [-0.3, -0.25) is 4.79 Å². The number of aryl methyl sites for hydroxylation is 2. The number of rotatable bonds is 5. The van der Waals surface area contributed by atoms with Crippen LogP contribution in [-0.4, -0.2) is 29.0 Å². The van der Waals surface area contributed by atoms with E-state index in [0.717, 1.165) is 16.6 Å². The molecular formula is C21H20ClNO3S.